The summed E-state index contributed by atoms with van der Waals surface area (Å²) < 4.78 is 71.5. The van der Waals surface area contributed by atoms with E-state index in [1.807, 2.05) is 0 Å². The Morgan fingerprint density at radius 3 is 1.16 bits per heavy atom. The molecule has 0 amide bonds. The predicted octanol–water partition coefficient (Wildman–Crippen LogP) is 4.78. The van der Waals surface area contributed by atoms with E-state index in [1.54, 1.807) is 36.4 Å². The Morgan fingerprint density at radius 2 is 0.884 bits per heavy atom. The summed E-state index contributed by atoms with van der Waals surface area (Å²) in [4.78, 5) is 31.3. The van der Waals surface area contributed by atoms with Crippen LogP contribution in [0.25, 0.3) is 0 Å². The lowest BCUT2D eigenvalue weighted by Gasteiger charge is -2.27. The fourth-order valence-electron chi connectivity index (χ4n) is 4.85. The van der Waals surface area contributed by atoms with Crippen molar-refractivity contribution in [3.8, 4) is 0 Å². The molecule has 0 aliphatic carbocycles. The summed E-state index contributed by atoms with van der Waals surface area (Å²) in [6.45, 7) is 0. The molecule has 1 saturated heterocycles. The average molecular weight is 645 g/mol. The lowest BCUT2D eigenvalue weighted by atomic mass is 9.95. The van der Waals surface area contributed by atoms with Crippen LogP contribution in [0.3, 0.4) is 0 Å². The highest BCUT2D eigenvalue weighted by Gasteiger charge is 2.65. The van der Waals surface area contributed by atoms with Crippen molar-refractivity contribution in [2.24, 2.45) is 0 Å². The monoisotopic (exact) mass is 644 g/mol. The minimum absolute atomic E-state index is 0.178. The molecule has 2 atom stereocenters. The predicted molar refractivity (Wildman–Crippen MR) is 152 cm³/mol. The van der Waals surface area contributed by atoms with Crippen LogP contribution < -0.4 is 0 Å². The molecule has 43 heavy (non-hydrogen) atoms. The van der Waals surface area contributed by atoms with Crippen molar-refractivity contribution in [3.63, 3.8) is 0 Å². The van der Waals surface area contributed by atoms with E-state index in [4.69, 9.17) is 0 Å². The summed E-state index contributed by atoms with van der Waals surface area (Å²) in [5.74, 6) is 0. The number of non-ortho nitro benzene ring substituents is 2. The first-order valence-electron chi connectivity index (χ1n) is 12.3. The topological polar surface area (TPSA) is 198 Å². The van der Waals surface area contributed by atoms with Crippen LogP contribution in [-0.4, -0.2) is 39.7 Å². The molecule has 1 heterocycles. The Labute approximate surface area is 245 Å². The number of rotatable bonds is 8. The van der Waals surface area contributed by atoms with Gasteiger partial charge in [0.05, 0.1) is 31.7 Å². The zero-order chi connectivity index (χ0) is 31.2. The first-order valence-corrected chi connectivity index (χ1v) is 16.7. The number of nitrogens with zero attached hydrogens (tertiary/aromatic N) is 4. The van der Waals surface area contributed by atoms with Gasteiger partial charge in [0.1, 0.15) is 0 Å². The van der Waals surface area contributed by atoms with Crippen LogP contribution in [0.5, 0.6) is 0 Å². The van der Waals surface area contributed by atoms with Crippen LogP contribution in [0.1, 0.15) is 23.2 Å². The Bertz CT molecular complexity index is 1820. The summed E-state index contributed by atoms with van der Waals surface area (Å²) >= 11 is 0. The van der Waals surface area contributed by atoms with E-state index < -0.39 is 70.8 Å². The van der Waals surface area contributed by atoms with E-state index in [1.165, 1.54) is 24.3 Å². The van der Waals surface area contributed by atoms with Crippen LogP contribution in [0.2, 0.25) is 0 Å². The number of hydrogen-bond acceptors (Lipinski definition) is 9. The molecule has 14 nitrogen and oxygen atoms in total. The molecule has 222 valence electrons. The highest BCUT2D eigenvalue weighted by Crippen LogP contribution is 2.70. The summed E-state index contributed by atoms with van der Waals surface area (Å²) in [7, 11) is -15.7. The van der Waals surface area contributed by atoms with Gasteiger partial charge in [-0.05, 0) is 35.4 Å². The van der Waals surface area contributed by atoms with E-state index in [9.17, 15) is 46.5 Å². The van der Waals surface area contributed by atoms with Crippen LogP contribution in [0.15, 0.2) is 119 Å². The second kappa shape index (κ2) is 11.1. The third kappa shape index (κ3) is 5.24. The number of hydrogen-bond donors (Lipinski definition) is 1. The van der Waals surface area contributed by atoms with Gasteiger partial charge in [-0.25, -0.2) is 16.8 Å². The summed E-state index contributed by atoms with van der Waals surface area (Å²) in [6, 6.07) is 19.3. The maximum Gasteiger partial charge on any atom is 0.372 e. The van der Waals surface area contributed by atoms with Gasteiger partial charge in [-0.2, -0.15) is 0 Å². The summed E-state index contributed by atoms with van der Waals surface area (Å²) in [5.41, 5.74) is -0.511. The van der Waals surface area contributed by atoms with Gasteiger partial charge in [0.2, 0.25) is 0 Å². The minimum Gasteiger partial charge on any atom is -0.320 e. The maximum atomic E-state index is 14.5. The molecular formula is C26H21N4O10PS2. The normalized spacial score (nSPS) is 21.4. The minimum atomic E-state index is -5.62. The van der Waals surface area contributed by atoms with E-state index >= 15 is 0 Å². The lowest BCUT2D eigenvalue weighted by molar-refractivity contribution is -0.385. The highest BCUT2D eigenvalue weighted by atomic mass is 32.2. The van der Waals surface area contributed by atoms with Crippen molar-refractivity contribution >= 4 is 39.1 Å². The van der Waals surface area contributed by atoms with Crippen molar-refractivity contribution < 1.29 is 36.1 Å². The zero-order valence-corrected chi connectivity index (χ0v) is 24.2. The van der Waals surface area contributed by atoms with E-state index in [2.05, 4.69) is 0 Å². The third-order valence-corrected chi connectivity index (χ3v) is 14.0. The SMILES string of the molecule is O=[N+]([O-])c1ccc(S(=O)(=O)N2C(c3ccccc3)C(c3ccccc3)N(S(=O)(=O)c3ccc([N+](=O)[O-])cc3)P2(=O)O)cc1. The highest BCUT2D eigenvalue weighted by molar-refractivity contribution is 7.99. The molecule has 4 aromatic rings. The molecule has 17 heteroatoms. The second-order valence-corrected chi connectivity index (χ2v) is 15.3. The smallest absolute Gasteiger partial charge is 0.320 e. The Balaban J connectivity index is 1.79. The van der Waals surface area contributed by atoms with Crippen molar-refractivity contribution in [2.45, 2.75) is 21.9 Å². The van der Waals surface area contributed by atoms with Gasteiger partial charge in [-0.15, -0.1) is 0 Å². The molecule has 0 saturated carbocycles. The molecule has 1 aliphatic heterocycles. The molecule has 0 aromatic heterocycles. The third-order valence-electron chi connectivity index (χ3n) is 6.75. The lowest BCUT2D eigenvalue weighted by Crippen LogP contribution is -2.29. The Kier molecular flexibility index (Phi) is 7.77. The van der Waals surface area contributed by atoms with Crippen LogP contribution >= 0.6 is 7.67 Å². The molecule has 4 aromatic carbocycles. The van der Waals surface area contributed by atoms with Gasteiger partial charge in [-0.1, -0.05) is 68.8 Å². The van der Waals surface area contributed by atoms with Gasteiger partial charge >= 0.3 is 7.67 Å². The molecule has 1 aliphatic rings. The number of benzene rings is 4. The molecule has 0 radical (unpaired) electrons. The Hall–Kier alpha value is -4.31. The maximum absolute atomic E-state index is 14.5. The van der Waals surface area contributed by atoms with E-state index in [-0.39, 0.29) is 19.3 Å². The Morgan fingerprint density at radius 1 is 0.581 bits per heavy atom. The summed E-state index contributed by atoms with van der Waals surface area (Å²) in [6.07, 6.45) is 0. The van der Waals surface area contributed by atoms with Gasteiger partial charge in [-0.3, -0.25) is 24.8 Å². The number of sulfonamides is 2. The zero-order valence-electron chi connectivity index (χ0n) is 21.7. The van der Waals surface area contributed by atoms with Gasteiger partial charge < -0.3 is 4.89 Å². The van der Waals surface area contributed by atoms with Crippen molar-refractivity contribution in [1.82, 2.24) is 8.15 Å². The first kappa shape index (κ1) is 30.2. The first-order chi connectivity index (χ1) is 20.3. The van der Waals surface area contributed by atoms with Crippen LogP contribution in [-0.2, 0) is 24.6 Å². The van der Waals surface area contributed by atoms with Gasteiger partial charge in [0.15, 0.2) is 0 Å². The molecule has 1 N–H and O–H groups in total. The summed E-state index contributed by atoms with van der Waals surface area (Å²) in [5, 5.41) is 22.3. The molecule has 0 spiro atoms. The number of nitro benzene ring substituents is 2. The van der Waals surface area contributed by atoms with E-state index in [0.717, 1.165) is 48.5 Å². The average Bonchev–Trinajstić information content (AvgIpc) is 3.26. The molecule has 5 rings (SSSR count). The van der Waals surface area contributed by atoms with Crippen LogP contribution in [0, 0.1) is 20.2 Å². The van der Waals surface area contributed by atoms with Crippen LogP contribution in [0.4, 0.5) is 11.4 Å². The van der Waals surface area contributed by atoms with Crippen molar-refractivity contribution in [3.05, 3.63) is 141 Å². The van der Waals surface area contributed by atoms with Crippen molar-refractivity contribution in [2.75, 3.05) is 0 Å². The standard InChI is InChI=1S/C26H21N4O10PS2/c31-27(32)21-11-15-23(16-12-21)42(37,38)29-25(19-7-3-1-4-8-19)26(20-9-5-2-6-10-20)30(41(29,35)36)43(39,40)24-17-13-22(14-18-24)28(33)34/h1-18,25-26H,(H,35,36). The number of nitro groups is 2. The molecule has 0 bridgehead atoms. The quantitative estimate of drug-likeness (QED) is 0.158. The molecular weight excluding hydrogens is 623 g/mol. The molecule has 1 fully saturated rings. The molecule has 2 unspecified atom stereocenters. The van der Waals surface area contributed by atoms with Gasteiger partial charge in [0, 0.05) is 24.3 Å². The second-order valence-electron chi connectivity index (χ2n) is 9.28. The van der Waals surface area contributed by atoms with Gasteiger partial charge in [0.25, 0.3) is 31.4 Å². The fraction of sp³-hybridized carbons (Fsp3) is 0.0769. The van der Waals surface area contributed by atoms with Crippen molar-refractivity contribution in [1.29, 1.82) is 0 Å². The largest absolute Gasteiger partial charge is 0.372 e. The van der Waals surface area contributed by atoms with E-state index in [0.29, 0.717) is 0 Å². The fourth-order valence-corrected chi connectivity index (χ4v) is 12.1.